The Morgan fingerprint density at radius 1 is 1.05 bits per heavy atom. The lowest BCUT2D eigenvalue weighted by atomic mass is 9.77. The summed E-state index contributed by atoms with van der Waals surface area (Å²) < 4.78 is 0. The zero-order chi connectivity index (χ0) is 15.3. The van der Waals surface area contributed by atoms with Gasteiger partial charge in [-0.3, -0.25) is 0 Å². The molecule has 1 unspecified atom stereocenters. The van der Waals surface area contributed by atoms with Gasteiger partial charge in [0.15, 0.2) is 0 Å². The lowest BCUT2D eigenvalue weighted by Crippen LogP contribution is -2.44. The predicted octanol–water partition coefficient (Wildman–Crippen LogP) is 4.96. The van der Waals surface area contributed by atoms with E-state index in [-0.39, 0.29) is 0 Å². The Bertz CT molecular complexity index is 408. The average Bonchev–Trinajstić information content (AvgIpc) is 2.36. The van der Waals surface area contributed by atoms with Crippen LogP contribution in [-0.4, -0.2) is 12.6 Å². The summed E-state index contributed by atoms with van der Waals surface area (Å²) in [6.07, 6.45) is 3.54. The molecule has 0 aromatic heterocycles. The second-order valence-electron chi connectivity index (χ2n) is 6.93. The topological polar surface area (TPSA) is 12.0 Å². The summed E-state index contributed by atoms with van der Waals surface area (Å²) in [6.45, 7) is 17.1. The second kappa shape index (κ2) is 7.26. The minimum atomic E-state index is 0.332. The van der Waals surface area contributed by atoms with Crippen molar-refractivity contribution in [2.24, 2.45) is 5.41 Å². The molecule has 0 saturated carbocycles. The van der Waals surface area contributed by atoms with E-state index < -0.39 is 0 Å². The fourth-order valence-corrected chi connectivity index (χ4v) is 2.93. The van der Waals surface area contributed by atoms with Gasteiger partial charge in [0.1, 0.15) is 0 Å². The van der Waals surface area contributed by atoms with E-state index >= 15 is 0 Å². The summed E-state index contributed by atoms with van der Waals surface area (Å²) >= 11 is 0. The smallest absolute Gasteiger partial charge is 0.0159 e. The van der Waals surface area contributed by atoms with Crippen LogP contribution in [0.5, 0.6) is 0 Å². The fourth-order valence-electron chi connectivity index (χ4n) is 2.93. The third-order valence-corrected chi connectivity index (χ3v) is 4.74. The van der Waals surface area contributed by atoms with E-state index in [9.17, 15) is 0 Å². The van der Waals surface area contributed by atoms with Crippen LogP contribution >= 0.6 is 0 Å². The molecule has 0 aliphatic rings. The number of nitrogens with one attached hydrogen (secondary N) is 1. The Kier molecular flexibility index (Phi) is 6.26. The van der Waals surface area contributed by atoms with Gasteiger partial charge in [-0.2, -0.15) is 0 Å². The van der Waals surface area contributed by atoms with Crippen molar-refractivity contribution in [2.75, 3.05) is 6.54 Å². The van der Waals surface area contributed by atoms with Crippen LogP contribution in [0.3, 0.4) is 0 Å². The number of aryl methyl sites for hydroxylation is 3. The summed E-state index contributed by atoms with van der Waals surface area (Å²) in [7, 11) is 0. The highest BCUT2D eigenvalue weighted by molar-refractivity contribution is 5.38. The number of hydrogen-bond donors (Lipinski definition) is 1. The van der Waals surface area contributed by atoms with Crippen LogP contribution in [0.4, 0.5) is 0 Å². The van der Waals surface area contributed by atoms with Crippen molar-refractivity contribution in [1.82, 2.24) is 5.32 Å². The van der Waals surface area contributed by atoms with Crippen molar-refractivity contribution in [2.45, 2.75) is 73.8 Å². The maximum atomic E-state index is 3.78. The lowest BCUT2D eigenvalue weighted by Gasteiger charge is -2.35. The molecule has 0 aliphatic heterocycles. The van der Waals surface area contributed by atoms with E-state index in [1.807, 2.05) is 0 Å². The maximum Gasteiger partial charge on any atom is 0.0159 e. The molecule has 0 saturated heterocycles. The van der Waals surface area contributed by atoms with Gasteiger partial charge in [-0.05, 0) is 68.7 Å². The molecule has 1 nitrogen and oxygen atoms in total. The standard InChI is InChI=1S/C19H33N/c1-8-10-20-18(19(6,7)9-2)13-17-15(4)11-14(3)12-16(17)5/h11-12,18,20H,8-10,13H2,1-7H3. The Balaban J connectivity index is 3.01. The van der Waals surface area contributed by atoms with Crippen molar-refractivity contribution in [1.29, 1.82) is 0 Å². The molecule has 1 atom stereocenters. The molecular weight excluding hydrogens is 242 g/mol. The van der Waals surface area contributed by atoms with E-state index in [1.54, 1.807) is 0 Å². The average molecular weight is 275 g/mol. The fraction of sp³-hybridized carbons (Fsp3) is 0.684. The van der Waals surface area contributed by atoms with Crippen molar-refractivity contribution >= 4 is 0 Å². The first-order valence-electron chi connectivity index (χ1n) is 8.12. The van der Waals surface area contributed by atoms with Gasteiger partial charge in [-0.25, -0.2) is 0 Å². The zero-order valence-corrected chi connectivity index (χ0v) is 14.6. The van der Waals surface area contributed by atoms with Crippen LogP contribution in [0.2, 0.25) is 0 Å². The predicted molar refractivity (Wildman–Crippen MR) is 90.5 cm³/mol. The number of hydrogen-bond acceptors (Lipinski definition) is 1. The highest BCUT2D eigenvalue weighted by Gasteiger charge is 2.28. The van der Waals surface area contributed by atoms with Gasteiger partial charge < -0.3 is 5.32 Å². The van der Waals surface area contributed by atoms with E-state index in [4.69, 9.17) is 0 Å². The van der Waals surface area contributed by atoms with Crippen LogP contribution in [0.25, 0.3) is 0 Å². The summed E-state index contributed by atoms with van der Waals surface area (Å²) in [5, 5.41) is 3.78. The third kappa shape index (κ3) is 4.34. The molecule has 0 amide bonds. The van der Waals surface area contributed by atoms with Gasteiger partial charge in [0, 0.05) is 6.04 Å². The minimum Gasteiger partial charge on any atom is -0.313 e. The van der Waals surface area contributed by atoms with E-state index in [2.05, 4.69) is 65.9 Å². The molecule has 1 rings (SSSR count). The minimum absolute atomic E-state index is 0.332. The van der Waals surface area contributed by atoms with Crippen molar-refractivity contribution < 1.29 is 0 Å². The Morgan fingerprint density at radius 2 is 1.60 bits per heavy atom. The highest BCUT2D eigenvalue weighted by atomic mass is 14.9. The first-order valence-corrected chi connectivity index (χ1v) is 8.12. The summed E-state index contributed by atoms with van der Waals surface area (Å²) in [6, 6.07) is 5.18. The molecule has 1 aromatic carbocycles. The Labute approximate surface area is 126 Å². The molecule has 20 heavy (non-hydrogen) atoms. The number of rotatable bonds is 7. The highest BCUT2D eigenvalue weighted by Crippen LogP contribution is 2.29. The van der Waals surface area contributed by atoms with Crippen LogP contribution < -0.4 is 5.32 Å². The first-order chi connectivity index (χ1) is 9.31. The third-order valence-electron chi connectivity index (χ3n) is 4.74. The molecule has 0 heterocycles. The Morgan fingerprint density at radius 3 is 2.05 bits per heavy atom. The van der Waals surface area contributed by atoms with Crippen LogP contribution in [0.1, 0.15) is 62.8 Å². The van der Waals surface area contributed by atoms with Crippen molar-refractivity contribution in [3.63, 3.8) is 0 Å². The molecule has 0 fully saturated rings. The van der Waals surface area contributed by atoms with Gasteiger partial charge in [-0.15, -0.1) is 0 Å². The molecule has 114 valence electrons. The van der Waals surface area contributed by atoms with Crippen LogP contribution in [-0.2, 0) is 6.42 Å². The van der Waals surface area contributed by atoms with Gasteiger partial charge in [0.2, 0.25) is 0 Å². The van der Waals surface area contributed by atoms with Crippen LogP contribution in [0.15, 0.2) is 12.1 Å². The zero-order valence-electron chi connectivity index (χ0n) is 14.6. The van der Waals surface area contributed by atoms with Gasteiger partial charge in [0.05, 0.1) is 0 Å². The summed E-state index contributed by atoms with van der Waals surface area (Å²) in [5.41, 5.74) is 6.12. The summed E-state index contributed by atoms with van der Waals surface area (Å²) in [5.74, 6) is 0. The summed E-state index contributed by atoms with van der Waals surface area (Å²) in [4.78, 5) is 0. The van der Waals surface area contributed by atoms with Crippen molar-refractivity contribution in [3.8, 4) is 0 Å². The molecular formula is C19H33N. The lowest BCUT2D eigenvalue weighted by molar-refractivity contribution is 0.230. The molecule has 0 bridgehead atoms. The van der Waals surface area contributed by atoms with Crippen LogP contribution in [0, 0.1) is 26.2 Å². The van der Waals surface area contributed by atoms with E-state index in [0.717, 1.165) is 13.0 Å². The van der Waals surface area contributed by atoms with Crippen molar-refractivity contribution in [3.05, 3.63) is 34.4 Å². The molecule has 0 aliphatic carbocycles. The molecule has 1 N–H and O–H groups in total. The normalized spacial score (nSPS) is 13.6. The number of benzene rings is 1. The van der Waals surface area contributed by atoms with Gasteiger partial charge >= 0.3 is 0 Å². The van der Waals surface area contributed by atoms with Gasteiger partial charge in [-0.1, -0.05) is 45.4 Å². The SMILES string of the molecule is CCCNC(Cc1c(C)cc(C)cc1C)C(C)(C)CC. The Hall–Kier alpha value is -0.820. The molecule has 1 aromatic rings. The van der Waals surface area contributed by atoms with E-state index in [1.165, 1.54) is 35.1 Å². The monoisotopic (exact) mass is 275 g/mol. The van der Waals surface area contributed by atoms with Gasteiger partial charge in [0.25, 0.3) is 0 Å². The van der Waals surface area contributed by atoms with E-state index in [0.29, 0.717) is 11.5 Å². The quantitative estimate of drug-likeness (QED) is 0.741. The first kappa shape index (κ1) is 17.2. The molecule has 1 heteroatoms. The maximum absolute atomic E-state index is 3.78. The largest absolute Gasteiger partial charge is 0.313 e. The molecule has 0 spiro atoms. The second-order valence-corrected chi connectivity index (χ2v) is 6.93. The molecule has 0 radical (unpaired) electrons.